The van der Waals surface area contributed by atoms with Crippen LogP contribution in [0.4, 0.5) is 0 Å². The summed E-state index contributed by atoms with van der Waals surface area (Å²) in [5.41, 5.74) is 0. The summed E-state index contributed by atoms with van der Waals surface area (Å²) in [6.45, 7) is 11.7. The molecule has 0 saturated heterocycles. The summed E-state index contributed by atoms with van der Waals surface area (Å²) in [5.74, 6) is -0.101. The number of hydrogen-bond donors (Lipinski definition) is 0. The summed E-state index contributed by atoms with van der Waals surface area (Å²) in [5, 5.41) is 0. The van der Waals surface area contributed by atoms with Crippen molar-refractivity contribution in [3.63, 3.8) is 0 Å². The van der Waals surface area contributed by atoms with E-state index >= 15 is 0 Å². The molecule has 0 aromatic rings. The van der Waals surface area contributed by atoms with E-state index in [9.17, 15) is 14.4 Å². The molecule has 8 nitrogen and oxygen atoms in total. The maximum Gasteiger partial charge on any atom is 0.307 e. The van der Waals surface area contributed by atoms with Crippen LogP contribution in [0.5, 0.6) is 0 Å². The Hall–Kier alpha value is -1.67. The molecule has 0 atom stereocenters. The molecular formula is C59H116N2O6. The third-order valence-electron chi connectivity index (χ3n) is 13.9. The molecule has 0 bridgehead atoms. The van der Waals surface area contributed by atoms with E-state index in [1.165, 1.54) is 154 Å². The lowest BCUT2D eigenvalue weighted by Gasteiger charge is -2.21. The fourth-order valence-corrected chi connectivity index (χ4v) is 9.24. The Morgan fingerprint density at radius 1 is 0.299 bits per heavy atom. The van der Waals surface area contributed by atoms with Gasteiger partial charge in [-0.05, 0) is 111 Å². The zero-order valence-electron chi connectivity index (χ0n) is 46.1. The SMILES string of the molecule is CCCCCCCCC(CCCCCCCC)OC(=O)CCCCCCCC(CCCCCCCC(=O)OC(CCCCCCCC)CCCCCCCC)OC(=O)CCN(C)CCN(C)C. The molecule has 0 saturated carbocycles. The number of unbranched alkanes of at least 4 members (excludes halogenated alkanes) is 28. The molecule has 8 heteroatoms. The number of rotatable bonds is 53. The molecule has 0 aromatic heterocycles. The van der Waals surface area contributed by atoms with Gasteiger partial charge in [0.25, 0.3) is 0 Å². The van der Waals surface area contributed by atoms with Gasteiger partial charge in [0.05, 0.1) is 6.42 Å². The van der Waals surface area contributed by atoms with Crippen molar-refractivity contribution in [2.45, 2.75) is 322 Å². The highest BCUT2D eigenvalue weighted by Crippen LogP contribution is 2.22. The van der Waals surface area contributed by atoms with Gasteiger partial charge in [-0.1, -0.05) is 195 Å². The Balaban J connectivity index is 4.80. The predicted octanol–water partition coefficient (Wildman–Crippen LogP) is 17.1. The van der Waals surface area contributed by atoms with Gasteiger partial charge in [-0.2, -0.15) is 0 Å². The Labute approximate surface area is 417 Å². The minimum Gasteiger partial charge on any atom is -0.462 e. The number of carbonyl (C=O) groups is 3. The van der Waals surface area contributed by atoms with Crippen molar-refractivity contribution < 1.29 is 28.6 Å². The standard InChI is InChI=1S/C59H116N2O6/c1-8-12-16-20-26-34-42-54(43-35-27-21-17-13-9-2)65-57(62)48-40-32-24-30-38-46-56(67-59(64)50-51-61(7)53-52-60(5)6)47-39-31-25-33-41-49-58(63)66-55(44-36-28-22-18-14-10-3)45-37-29-23-19-15-11-4/h54-56H,8-53H2,1-7H3. The van der Waals surface area contributed by atoms with Gasteiger partial charge in [0.15, 0.2) is 0 Å². The Morgan fingerprint density at radius 3 is 0.806 bits per heavy atom. The van der Waals surface area contributed by atoms with Gasteiger partial charge in [-0.3, -0.25) is 14.4 Å². The predicted molar refractivity (Wildman–Crippen MR) is 287 cm³/mol. The van der Waals surface area contributed by atoms with Gasteiger partial charge in [0.1, 0.15) is 18.3 Å². The average Bonchev–Trinajstić information content (AvgIpc) is 3.30. The smallest absolute Gasteiger partial charge is 0.307 e. The summed E-state index contributed by atoms with van der Waals surface area (Å²) in [4.78, 5) is 43.2. The van der Waals surface area contributed by atoms with Crippen LogP contribution in [0.2, 0.25) is 0 Å². The molecule has 0 N–H and O–H groups in total. The van der Waals surface area contributed by atoms with E-state index in [2.05, 4.69) is 58.6 Å². The molecule has 0 aliphatic heterocycles. The second-order valence-corrected chi connectivity index (χ2v) is 21.0. The first-order valence-corrected chi connectivity index (χ1v) is 29.6. The molecule has 0 unspecified atom stereocenters. The lowest BCUT2D eigenvalue weighted by Crippen LogP contribution is -2.31. The van der Waals surface area contributed by atoms with E-state index in [0.29, 0.717) is 25.8 Å². The van der Waals surface area contributed by atoms with Crippen molar-refractivity contribution in [3.8, 4) is 0 Å². The topological polar surface area (TPSA) is 85.4 Å². The van der Waals surface area contributed by atoms with E-state index in [0.717, 1.165) is 116 Å². The highest BCUT2D eigenvalue weighted by molar-refractivity contribution is 5.70. The molecule has 0 amide bonds. The molecule has 0 heterocycles. The Bertz CT molecular complexity index is 974. The first-order chi connectivity index (χ1) is 32.6. The molecule has 0 spiro atoms. The first-order valence-electron chi connectivity index (χ1n) is 29.6. The van der Waals surface area contributed by atoms with Crippen molar-refractivity contribution in [2.24, 2.45) is 0 Å². The Kier molecular flexibility index (Phi) is 49.4. The highest BCUT2D eigenvalue weighted by atomic mass is 16.6. The van der Waals surface area contributed by atoms with Crippen LogP contribution in [0.25, 0.3) is 0 Å². The van der Waals surface area contributed by atoms with Gasteiger partial charge in [-0.25, -0.2) is 0 Å². The third-order valence-corrected chi connectivity index (χ3v) is 13.9. The van der Waals surface area contributed by atoms with Gasteiger partial charge in [-0.15, -0.1) is 0 Å². The molecule has 398 valence electrons. The number of nitrogens with zero attached hydrogens (tertiary/aromatic N) is 2. The quantitative estimate of drug-likeness (QED) is 0.0339. The number of esters is 3. The van der Waals surface area contributed by atoms with E-state index in [-0.39, 0.29) is 36.2 Å². The van der Waals surface area contributed by atoms with Crippen LogP contribution in [0.15, 0.2) is 0 Å². The normalized spacial score (nSPS) is 11.8. The van der Waals surface area contributed by atoms with Gasteiger partial charge in [0, 0.05) is 32.5 Å². The van der Waals surface area contributed by atoms with Crippen LogP contribution < -0.4 is 0 Å². The van der Waals surface area contributed by atoms with Crippen LogP contribution >= 0.6 is 0 Å². The maximum atomic E-state index is 13.0. The fraction of sp³-hybridized carbons (Fsp3) is 0.949. The maximum absolute atomic E-state index is 13.0. The van der Waals surface area contributed by atoms with Crippen molar-refractivity contribution in [1.29, 1.82) is 0 Å². The third kappa shape index (κ3) is 47.8. The van der Waals surface area contributed by atoms with Crippen LogP contribution in [0.3, 0.4) is 0 Å². The zero-order chi connectivity index (χ0) is 49.3. The van der Waals surface area contributed by atoms with E-state index in [4.69, 9.17) is 14.2 Å². The van der Waals surface area contributed by atoms with Crippen LogP contribution in [0, 0.1) is 0 Å². The molecule has 0 aliphatic carbocycles. The molecule has 0 aromatic carbocycles. The monoisotopic (exact) mass is 949 g/mol. The second-order valence-electron chi connectivity index (χ2n) is 21.0. The number of carbonyl (C=O) groups excluding carboxylic acids is 3. The summed E-state index contributed by atoms with van der Waals surface area (Å²) in [6, 6.07) is 0. The van der Waals surface area contributed by atoms with Crippen molar-refractivity contribution in [1.82, 2.24) is 9.80 Å². The zero-order valence-corrected chi connectivity index (χ0v) is 46.1. The molecule has 0 rings (SSSR count). The minimum absolute atomic E-state index is 0.00696. The summed E-state index contributed by atoms with van der Waals surface area (Å²) >= 11 is 0. The second kappa shape index (κ2) is 50.7. The van der Waals surface area contributed by atoms with Gasteiger partial charge < -0.3 is 24.0 Å². The van der Waals surface area contributed by atoms with E-state index in [1.54, 1.807) is 0 Å². The Morgan fingerprint density at radius 2 is 0.537 bits per heavy atom. The van der Waals surface area contributed by atoms with Crippen LogP contribution in [-0.2, 0) is 28.6 Å². The fourth-order valence-electron chi connectivity index (χ4n) is 9.24. The highest BCUT2D eigenvalue weighted by Gasteiger charge is 2.18. The van der Waals surface area contributed by atoms with E-state index in [1.807, 2.05) is 0 Å². The van der Waals surface area contributed by atoms with Crippen molar-refractivity contribution in [3.05, 3.63) is 0 Å². The van der Waals surface area contributed by atoms with Gasteiger partial charge >= 0.3 is 17.9 Å². The molecule has 0 fully saturated rings. The summed E-state index contributed by atoms with van der Waals surface area (Å²) < 4.78 is 18.3. The number of likely N-dealkylation sites (N-methyl/N-ethyl adjacent to an activating group) is 2. The summed E-state index contributed by atoms with van der Waals surface area (Å²) in [7, 11) is 6.22. The molecule has 0 aliphatic rings. The lowest BCUT2D eigenvalue weighted by molar-refractivity contribution is -0.151. The van der Waals surface area contributed by atoms with Crippen LogP contribution in [0.1, 0.15) is 304 Å². The average molecular weight is 950 g/mol. The number of ether oxygens (including phenoxy) is 3. The lowest BCUT2D eigenvalue weighted by atomic mass is 10.0. The molecule has 67 heavy (non-hydrogen) atoms. The van der Waals surface area contributed by atoms with Crippen molar-refractivity contribution >= 4 is 17.9 Å². The first kappa shape index (κ1) is 65.3. The van der Waals surface area contributed by atoms with Crippen LogP contribution in [-0.4, -0.2) is 86.8 Å². The molecular weight excluding hydrogens is 833 g/mol. The van der Waals surface area contributed by atoms with Crippen molar-refractivity contribution in [2.75, 3.05) is 40.8 Å². The summed E-state index contributed by atoms with van der Waals surface area (Å²) in [6.07, 6.45) is 48.2. The largest absolute Gasteiger partial charge is 0.462 e. The van der Waals surface area contributed by atoms with E-state index < -0.39 is 0 Å². The minimum atomic E-state index is -0.0868. The van der Waals surface area contributed by atoms with Gasteiger partial charge in [0.2, 0.25) is 0 Å². The molecule has 0 radical (unpaired) electrons. The number of hydrogen-bond acceptors (Lipinski definition) is 8.